The second kappa shape index (κ2) is 7.30. The molecule has 1 aromatic rings. The van der Waals surface area contributed by atoms with Crippen molar-refractivity contribution in [2.45, 2.75) is 44.9 Å². The molecule has 1 amide bonds. The van der Waals surface area contributed by atoms with E-state index in [-0.39, 0.29) is 5.91 Å². The molecule has 1 aliphatic carbocycles. The molecule has 0 radical (unpaired) electrons. The summed E-state index contributed by atoms with van der Waals surface area (Å²) in [5, 5.41) is 3.58. The van der Waals surface area contributed by atoms with Crippen LogP contribution in [0.1, 0.15) is 44.9 Å². The lowest BCUT2D eigenvalue weighted by atomic mass is 9.96. The zero-order valence-electron chi connectivity index (χ0n) is 10.9. The Morgan fingerprint density at radius 2 is 1.95 bits per heavy atom. The molecule has 0 aromatic heterocycles. The molecule has 1 aliphatic rings. The van der Waals surface area contributed by atoms with E-state index >= 15 is 0 Å². The van der Waals surface area contributed by atoms with E-state index in [0.29, 0.717) is 17.4 Å². The molecule has 0 heterocycles. The molecule has 19 heavy (non-hydrogen) atoms. The summed E-state index contributed by atoms with van der Waals surface area (Å²) >= 11 is 9.36. The highest BCUT2D eigenvalue weighted by Gasteiger charge is 2.16. The van der Waals surface area contributed by atoms with E-state index in [1.54, 1.807) is 12.1 Å². The van der Waals surface area contributed by atoms with E-state index in [0.717, 1.165) is 10.2 Å². The second-order valence-electron chi connectivity index (χ2n) is 5.23. The molecule has 2 rings (SSSR count). The smallest absolute Gasteiger partial charge is 0.224 e. The van der Waals surface area contributed by atoms with Crippen LogP contribution in [-0.4, -0.2) is 5.91 Å². The van der Waals surface area contributed by atoms with Gasteiger partial charge in [-0.05, 0) is 52.9 Å². The van der Waals surface area contributed by atoms with E-state index in [2.05, 4.69) is 21.2 Å². The van der Waals surface area contributed by atoms with Crippen LogP contribution in [0.25, 0.3) is 0 Å². The molecular weight excluding hydrogens is 326 g/mol. The van der Waals surface area contributed by atoms with Gasteiger partial charge >= 0.3 is 0 Å². The number of hydrogen-bond acceptors (Lipinski definition) is 1. The SMILES string of the molecule is O=C(CC1CCCCCC1)Nc1cc(Cl)ccc1Br. The Hall–Kier alpha value is -0.540. The lowest BCUT2D eigenvalue weighted by molar-refractivity contribution is -0.117. The molecule has 0 unspecified atom stereocenters. The number of benzene rings is 1. The van der Waals surface area contributed by atoms with Gasteiger partial charge < -0.3 is 5.32 Å². The number of hydrogen-bond donors (Lipinski definition) is 1. The van der Waals surface area contributed by atoms with Crippen molar-refractivity contribution in [3.63, 3.8) is 0 Å². The minimum Gasteiger partial charge on any atom is -0.325 e. The first-order valence-electron chi connectivity index (χ1n) is 6.90. The third-order valence-corrected chi connectivity index (χ3v) is 4.58. The fourth-order valence-electron chi connectivity index (χ4n) is 2.62. The topological polar surface area (TPSA) is 29.1 Å². The summed E-state index contributed by atoms with van der Waals surface area (Å²) < 4.78 is 0.867. The largest absolute Gasteiger partial charge is 0.325 e. The molecule has 2 nitrogen and oxygen atoms in total. The third kappa shape index (κ3) is 4.81. The van der Waals surface area contributed by atoms with Gasteiger partial charge in [0.2, 0.25) is 5.91 Å². The van der Waals surface area contributed by atoms with Crippen molar-refractivity contribution in [3.05, 3.63) is 27.7 Å². The van der Waals surface area contributed by atoms with Gasteiger partial charge in [-0.2, -0.15) is 0 Å². The number of nitrogens with one attached hydrogen (secondary N) is 1. The minimum atomic E-state index is 0.0925. The zero-order valence-corrected chi connectivity index (χ0v) is 13.3. The van der Waals surface area contributed by atoms with E-state index in [1.807, 2.05) is 6.07 Å². The van der Waals surface area contributed by atoms with Crippen molar-refractivity contribution in [1.82, 2.24) is 0 Å². The van der Waals surface area contributed by atoms with Crippen LogP contribution in [0.3, 0.4) is 0 Å². The van der Waals surface area contributed by atoms with E-state index < -0.39 is 0 Å². The molecule has 1 aromatic carbocycles. The van der Waals surface area contributed by atoms with Crippen LogP contribution in [0.15, 0.2) is 22.7 Å². The molecule has 0 atom stereocenters. The highest BCUT2D eigenvalue weighted by molar-refractivity contribution is 9.10. The predicted octanol–water partition coefficient (Wildman–Crippen LogP) is 5.40. The van der Waals surface area contributed by atoms with Gasteiger partial charge in [0.05, 0.1) is 5.69 Å². The molecule has 1 N–H and O–H groups in total. The van der Waals surface area contributed by atoms with Gasteiger partial charge in [-0.15, -0.1) is 0 Å². The maximum atomic E-state index is 12.1. The molecule has 0 saturated heterocycles. The Morgan fingerprint density at radius 3 is 2.63 bits per heavy atom. The Kier molecular flexibility index (Phi) is 5.71. The summed E-state index contributed by atoms with van der Waals surface area (Å²) in [4.78, 5) is 12.1. The number of amides is 1. The Balaban J connectivity index is 1.91. The first kappa shape index (κ1) is 14.9. The van der Waals surface area contributed by atoms with Gasteiger partial charge in [0.1, 0.15) is 0 Å². The van der Waals surface area contributed by atoms with Crippen LogP contribution in [0.2, 0.25) is 5.02 Å². The highest BCUT2D eigenvalue weighted by Crippen LogP contribution is 2.28. The monoisotopic (exact) mass is 343 g/mol. The van der Waals surface area contributed by atoms with Crippen molar-refractivity contribution in [2.24, 2.45) is 5.92 Å². The summed E-state index contributed by atoms with van der Waals surface area (Å²) in [6, 6.07) is 5.42. The van der Waals surface area contributed by atoms with Gasteiger partial charge in [0.15, 0.2) is 0 Å². The molecule has 0 bridgehead atoms. The molecule has 4 heteroatoms. The average Bonchev–Trinajstić information content (AvgIpc) is 2.62. The predicted molar refractivity (Wildman–Crippen MR) is 83.6 cm³/mol. The normalized spacial score (nSPS) is 16.9. The van der Waals surface area contributed by atoms with E-state index in [1.165, 1.54) is 38.5 Å². The first-order valence-corrected chi connectivity index (χ1v) is 8.07. The van der Waals surface area contributed by atoms with Crippen LogP contribution < -0.4 is 5.32 Å². The lowest BCUT2D eigenvalue weighted by Crippen LogP contribution is -2.16. The number of carbonyl (C=O) groups excluding carboxylic acids is 1. The average molecular weight is 345 g/mol. The fraction of sp³-hybridized carbons (Fsp3) is 0.533. The fourth-order valence-corrected chi connectivity index (χ4v) is 3.14. The van der Waals surface area contributed by atoms with Gasteiger partial charge in [-0.1, -0.05) is 37.3 Å². The molecule has 1 saturated carbocycles. The quantitative estimate of drug-likeness (QED) is 0.731. The minimum absolute atomic E-state index is 0.0925. The molecule has 104 valence electrons. The maximum absolute atomic E-state index is 12.1. The van der Waals surface area contributed by atoms with Crippen molar-refractivity contribution in [3.8, 4) is 0 Å². The molecule has 0 aliphatic heterocycles. The lowest BCUT2D eigenvalue weighted by Gasteiger charge is -2.14. The second-order valence-corrected chi connectivity index (χ2v) is 6.52. The Morgan fingerprint density at radius 1 is 1.26 bits per heavy atom. The van der Waals surface area contributed by atoms with Crippen molar-refractivity contribution in [2.75, 3.05) is 5.32 Å². The van der Waals surface area contributed by atoms with E-state index in [9.17, 15) is 4.79 Å². The van der Waals surface area contributed by atoms with Crippen LogP contribution in [0, 0.1) is 5.92 Å². The van der Waals surface area contributed by atoms with Gasteiger partial charge in [0.25, 0.3) is 0 Å². The van der Waals surface area contributed by atoms with Crippen molar-refractivity contribution >= 4 is 39.1 Å². The van der Waals surface area contributed by atoms with Gasteiger partial charge in [0, 0.05) is 15.9 Å². The van der Waals surface area contributed by atoms with Crippen LogP contribution in [0.5, 0.6) is 0 Å². The molecular formula is C15H19BrClNO. The summed E-state index contributed by atoms with van der Waals surface area (Å²) in [6.45, 7) is 0. The number of rotatable bonds is 3. The zero-order chi connectivity index (χ0) is 13.7. The van der Waals surface area contributed by atoms with Crippen LogP contribution in [0.4, 0.5) is 5.69 Å². The van der Waals surface area contributed by atoms with Crippen molar-refractivity contribution in [1.29, 1.82) is 0 Å². The number of anilines is 1. The summed E-state index contributed by atoms with van der Waals surface area (Å²) in [5.41, 5.74) is 0.756. The highest BCUT2D eigenvalue weighted by atomic mass is 79.9. The van der Waals surface area contributed by atoms with Gasteiger partial charge in [-0.3, -0.25) is 4.79 Å². The van der Waals surface area contributed by atoms with Gasteiger partial charge in [-0.25, -0.2) is 0 Å². The first-order chi connectivity index (χ1) is 9.15. The number of carbonyl (C=O) groups is 1. The van der Waals surface area contributed by atoms with Crippen LogP contribution >= 0.6 is 27.5 Å². The summed E-state index contributed by atoms with van der Waals surface area (Å²) in [6.07, 6.45) is 8.15. The summed E-state index contributed by atoms with van der Waals surface area (Å²) in [7, 11) is 0. The summed E-state index contributed by atoms with van der Waals surface area (Å²) in [5.74, 6) is 0.635. The standard InChI is InChI=1S/C15H19BrClNO/c16-13-8-7-12(17)10-14(13)18-15(19)9-11-5-3-1-2-4-6-11/h7-8,10-11H,1-6,9H2,(H,18,19). The molecule has 0 spiro atoms. The van der Waals surface area contributed by atoms with Crippen LogP contribution in [-0.2, 0) is 4.79 Å². The molecule has 1 fully saturated rings. The van der Waals surface area contributed by atoms with Crippen molar-refractivity contribution < 1.29 is 4.79 Å². The number of halogens is 2. The maximum Gasteiger partial charge on any atom is 0.224 e. The Labute approximate surface area is 128 Å². The Bertz CT molecular complexity index is 442. The third-order valence-electron chi connectivity index (χ3n) is 3.65. The van der Waals surface area contributed by atoms with E-state index in [4.69, 9.17) is 11.6 Å².